The fourth-order valence-electron chi connectivity index (χ4n) is 3.21. The Hall–Kier alpha value is -3.41. The third-order valence-electron chi connectivity index (χ3n) is 4.32. The first kappa shape index (κ1) is 16.1. The number of benzene rings is 2. The number of hydrogen-bond donors (Lipinski definition) is 2. The van der Waals surface area contributed by atoms with Gasteiger partial charge in [-0.25, -0.2) is 4.98 Å². The summed E-state index contributed by atoms with van der Waals surface area (Å²) in [5.74, 6) is -0.0847. The fraction of sp³-hybridized carbons (Fsp3) is 0.150. The zero-order valence-corrected chi connectivity index (χ0v) is 14.9. The zero-order chi connectivity index (χ0) is 18.3. The van der Waals surface area contributed by atoms with Crippen LogP contribution in [0.15, 0.2) is 48.5 Å². The summed E-state index contributed by atoms with van der Waals surface area (Å²) in [6, 6.07) is 15.7. The molecule has 4 rings (SSSR count). The Morgan fingerprint density at radius 3 is 2.46 bits per heavy atom. The van der Waals surface area contributed by atoms with E-state index in [4.69, 9.17) is 4.98 Å². The highest BCUT2D eigenvalue weighted by Gasteiger charge is 2.15. The second-order valence-corrected chi connectivity index (χ2v) is 6.30. The summed E-state index contributed by atoms with van der Waals surface area (Å²) in [5, 5.41) is 12.9. The maximum atomic E-state index is 11.2. The lowest BCUT2D eigenvalue weighted by Gasteiger charge is -2.12. The minimum atomic E-state index is -0.0847. The summed E-state index contributed by atoms with van der Waals surface area (Å²) < 4.78 is 1.81. The predicted octanol–water partition coefficient (Wildman–Crippen LogP) is 4.13. The minimum Gasteiger partial charge on any atom is -0.354 e. The lowest BCUT2D eigenvalue weighted by molar-refractivity contribution is -0.114. The molecule has 2 N–H and O–H groups in total. The van der Waals surface area contributed by atoms with Crippen LogP contribution in [-0.2, 0) is 11.8 Å². The average molecular weight is 345 g/mol. The molecule has 0 fully saturated rings. The lowest BCUT2D eigenvalue weighted by Crippen LogP contribution is -2.05. The Labute approximate surface area is 150 Å². The van der Waals surface area contributed by atoms with Crippen LogP contribution in [0.4, 0.5) is 17.1 Å². The first-order chi connectivity index (χ1) is 12.5. The molecule has 2 heterocycles. The van der Waals surface area contributed by atoms with Gasteiger partial charge in [0.15, 0.2) is 5.65 Å². The maximum Gasteiger partial charge on any atom is 0.221 e. The molecule has 6 nitrogen and oxygen atoms in total. The summed E-state index contributed by atoms with van der Waals surface area (Å²) in [6.07, 6.45) is 0. The van der Waals surface area contributed by atoms with Crippen LogP contribution >= 0.6 is 0 Å². The summed E-state index contributed by atoms with van der Waals surface area (Å²) in [6.45, 7) is 3.49. The summed E-state index contributed by atoms with van der Waals surface area (Å²) in [7, 11) is 1.91. The van der Waals surface area contributed by atoms with Crippen molar-refractivity contribution in [3.63, 3.8) is 0 Å². The number of pyridine rings is 1. The second-order valence-electron chi connectivity index (χ2n) is 6.30. The molecule has 0 saturated heterocycles. The predicted molar refractivity (Wildman–Crippen MR) is 105 cm³/mol. The van der Waals surface area contributed by atoms with E-state index in [0.29, 0.717) is 0 Å². The van der Waals surface area contributed by atoms with E-state index in [1.54, 1.807) is 0 Å². The van der Waals surface area contributed by atoms with Crippen LogP contribution in [0.1, 0.15) is 12.6 Å². The molecule has 4 aromatic rings. The molecule has 0 bridgehead atoms. The van der Waals surface area contributed by atoms with Crippen LogP contribution in [0.5, 0.6) is 0 Å². The van der Waals surface area contributed by atoms with E-state index in [1.807, 2.05) is 61.1 Å². The van der Waals surface area contributed by atoms with Crippen molar-refractivity contribution < 1.29 is 4.79 Å². The first-order valence-corrected chi connectivity index (χ1v) is 8.39. The third kappa shape index (κ3) is 2.75. The van der Waals surface area contributed by atoms with Crippen molar-refractivity contribution in [2.45, 2.75) is 13.8 Å². The van der Waals surface area contributed by atoms with Gasteiger partial charge in [0.1, 0.15) is 0 Å². The van der Waals surface area contributed by atoms with Crippen LogP contribution in [0.3, 0.4) is 0 Å². The highest BCUT2D eigenvalue weighted by Crippen LogP contribution is 2.34. The van der Waals surface area contributed by atoms with Crippen LogP contribution < -0.4 is 10.6 Å². The number of carbonyl (C=O) groups is 1. The third-order valence-corrected chi connectivity index (χ3v) is 4.32. The van der Waals surface area contributed by atoms with E-state index in [-0.39, 0.29) is 5.91 Å². The Morgan fingerprint density at radius 2 is 1.73 bits per heavy atom. The summed E-state index contributed by atoms with van der Waals surface area (Å²) in [4.78, 5) is 15.9. The van der Waals surface area contributed by atoms with Gasteiger partial charge in [0.05, 0.1) is 22.3 Å². The zero-order valence-electron chi connectivity index (χ0n) is 14.9. The van der Waals surface area contributed by atoms with Crippen LogP contribution in [0.25, 0.3) is 21.9 Å². The van der Waals surface area contributed by atoms with Gasteiger partial charge < -0.3 is 10.6 Å². The van der Waals surface area contributed by atoms with Gasteiger partial charge in [0.2, 0.25) is 5.91 Å². The quantitative estimate of drug-likeness (QED) is 0.585. The van der Waals surface area contributed by atoms with Crippen molar-refractivity contribution in [2.75, 3.05) is 10.6 Å². The number of hydrogen-bond acceptors (Lipinski definition) is 4. The minimum absolute atomic E-state index is 0.0847. The Balaban J connectivity index is 1.85. The number of fused-ring (bicyclic) bond motifs is 2. The number of anilines is 3. The maximum absolute atomic E-state index is 11.2. The SMILES string of the molecule is CC(=O)Nc1ccc(Nc2c3ccccc3nc3c2c(C)nn3C)cc1. The number of amides is 1. The van der Waals surface area contributed by atoms with Crippen molar-refractivity contribution in [3.05, 3.63) is 54.2 Å². The molecule has 0 radical (unpaired) electrons. The van der Waals surface area contributed by atoms with E-state index in [1.165, 1.54) is 6.92 Å². The second kappa shape index (κ2) is 6.15. The van der Waals surface area contributed by atoms with Gasteiger partial charge in [-0.05, 0) is 37.3 Å². The molecular formula is C20H19N5O. The number of aryl methyl sites for hydroxylation is 2. The smallest absolute Gasteiger partial charge is 0.221 e. The monoisotopic (exact) mass is 345 g/mol. The van der Waals surface area contributed by atoms with Gasteiger partial charge in [-0.2, -0.15) is 5.10 Å². The highest BCUT2D eigenvalue weighted by molar-refractivity contribution is 6.08. The number of para-hydroxylation sites is 1. The van der Waals surface area contributed by atoms with Gasteiger partial charge in [0, 0.05) is 30.7 Å². The van der Waals surface area contributed by atoms with E-state index < -0.39 is 0 Å². The highest BCUT2D eigenvalue weighted by atomic mass is 16.1. The number of carbonyl (C=O) groups excluding carboxylic acids is 1. The van der Waals surface area contributed by atoms with Gasteiger partial charge in [-0.1, -0.05) is 18.2 Å². The van der Waals surface area contributed by atoms with E-state index in [2.05, 4.69) is 21.8 Å². The standard InChI is InChI=1S/C20H19N5O/c1-12-18-19(22-15-10-8-14(9-11-15)21-13(2)26)16-6-4-5-7-17(16)23-20(18)25(3)24-12/h4-11H,1-3H3,(H,21,26)(H,22,23). The molecule has 0 aliphatic rings. The van der Waals surface area contributed by atoms with E-state index in [0.717, 1.165) is 44.7 Å². The van der Waals surface area contributed by atoms with E-state index >= 15 is 0 Å². The van der Waals surface area contributed by atoms with E-state index in [9.17, 15) is 4.79 Å². The van der Waals surface area contributed by atoms with Crippen LogP contribution in [0.2, 0.25) is 0 Å². The number of rotatable bonds is 3. The topological polar surface area (TPSA) is 71.8 Å². The molecule has 0 atom stereocenters. The summed E-state index contributed by atoms with van der Waals surface area (Å²) >= 11 is 0. The Bertz CT molecular complexity index is 1130. The molecule has 0 unspecified atom stereocenters. The largest absolute Gasteiger partial charge is 0.354 e. The van der Waals surface area contributed by atoms with Crippen molar-refractivity contribution in [2.24, 2.45) is 7.05 Å². The Kier molecular flexibility index (Phi) is 3.80. The van der Waals surface area contributed by atoms with Crippen molar-refractivity contribution >= 4 is 44.9 Å². The average Bonchev–Trinajstić information content (AvgIpc) is 2.90. The molecule has 1 amide bonds. The van der Waals surface area contributed by atoms with Gasteiger partial charge in [-0.3, -0.25) is 9.48 Å². The first-order valence-electron chi connectivity index (χ1n) is 8.39. The molecule has 0 spiro atoms. The van der Waals surface area contributed by atoms with Crippen molar-refractivity contribution in [3.8, 4) is 0 Å². The van der Waals surface area contributed by atoms with Gasteiger partial charge in [0.25, 0.3) is 0 Å². The fourth-order valence-corrected chi connectivity index (χ4v) is 3.21. The number of nitrogens with one attached hydrogen (secondary N) is 2. The van der Waals surface area contributed by atoms with Crippen LogP contribution in [-0.4, -0.2) is 20.7 Å². The van der Waals surface area contributed by atoms with Gasteiger partial charge in [-0.15, -0.1) is 0 Å². The van der Waals surface area contributed by atoms with Crippen molar-refractivity contribution in [1.82, 2.24) is 14.8 Å². The number of nitrogens with zero attached hydrogens (tertiary/aromatic N) is 3. The van der Waals surface area contributed by atoms with Crippen LogP contribution in [0, 0.1) is 6.92 Å². The summed E-state index contributed by atoms with van der Waals surface area (Å²) in [5.41, 5.74) is 5.38. The molecule has 6 heteroatoms. The van der Waals surface area contributed by atoms with Crippen molar-refractivity contribution in [1.29, 1.82) is 0 Å². The normalized spacial score (nSPS) is 11.0. The molecule has 130 valence electrons. The number of aromatic nitrogens is 3. The molecule has 0 saturated carbocycles. The molecular weight excluding hydrogens is 326 g/mol. The molecule has 2 aromatic carbocycles. The molecule has 26 heavy (non-hydrogen) atoms. The lowest BCUT2D eigenvalue weighted by atomic mass is 10.1. The molecule has 0 aliphatic heterocycles. The Morgan fingerprint density at radius 1 is 1.04 bits per heavy atom. The van der Waals surface area contributed by atoms with Gasteiger partial charge >= 0.3 is 0 Å². The molecule has 2 aromatic heterocycles. The molecule has 0 aliphatic carbocycles.